The highest BCUT2D eigenvalue weighted by molar-refractivity contribution is 5.75. The number of nitrogens with one attached hydrogen (secondary N) is 1. The van der Waals surface area contributed by atoms with Crippen molar-refractivity contribution in [1.82, 2.24) is 14.9 Å². The van der Waals surface area contributed by atoms with Crippen LogP contribution in [0.15, 0.2) is 42.5 Å². The van der Waals surface area contributed by atoms with Gasteiger partial charge in [-0.2, -0.15) is 4.98 Å². The fraction of sp³-hybridized carbons (Fsp3) is 0.485. The van der Waals surface area contributed by atoms with E-state index in [0.717, 1.165) is 72.5 Å². The van der Waals surface area contributed by atoms with Crippen LogP contribution in [0, 0.1) is 13.8 Å². The Morgan fingerprint density at radius 3 is 2.54 bits per heavy atom. The van der Waals surface area contributed by atoms with Crippen molar-refractivity contribution in [3.8, 4) is 22.9 Å². The van der Waals surface area contributed by atoms with Crippen molar-refractivity contribution in [2.24, 2.45) is 5.73 Å². The average Bonchev–Trinajstić information content (AvgIpc) is 2.97. The van der Waals surface area contributed by atoms with Crippen LogP contribution >= 0.6 is 0 Å². The molecule has 1 aliphatic carbocycles. The molecule has 2 aliphatic rings. The van der Waals surface area contributed by atoms with Gasteiger partial charge in [-0.1, -0.05) is 49.9 Å². The number of anilines is 2. The first-order chi connectivity index (χ1) is 20.0. The quantitative estimate of drug-likeness (QED) is 0.253. The maximum atomic E-state index is 12.0. The Morgan fingerprint density at radius 1 is 1.00 bits per heavy atom. The van der Waals surface area contributed by atoms with E-state index in [1.807, 2.05) is 30.3 Å². The van der Waals surface area contributed by atoms with Crippen LogP contribution in [-0.4, -0.2) is 47.2 Å². The molecule has 2 aromatic carbocycles. The number of carbonyl (C=O) groups excluding carboxylic acids is 1. The lowest BCUT2D eigenvalue weighted by molar-refractivity contribution is 0.205. The van der Waals surface area contributed by atoms with Gasteiger partial charge in [0.1, 0.15) is 5.75 Å². The fourth-order valence-electron chi connectivity index (χ4n) is 6.10. The largest absolute Gasteiger partial charge is 0.493 e. The Bertz CT molecular complexity index is 1330. The molecule has 2 fully saturated rings. The highest BCUT2D eigenvalue weighted by Crippen LogP contribution is 2.43. The molecular formula is C33H43N5O3. The molecule has 0 radical (unpaired) electrons. The predicted octanol–water partition coefficient (Wildman–Crippen LogP) is 7.26. The van der Waals surface area contributed by atoms with Crippen LogP contribution in [0.25, 0.3) is 11.3 Å². The summed E-state index contributed by atoms with van der Waals surface area (Å²) in [6.07, 6.45) is 9.52. The second-order valence-electron chi connectivity index (χ2n) is 11.4. The maximum absolute atomic E-state index is 12.0. The normalized spacial score (nSPS) is 16.3. The number of nitrogens with zero attached hydrogens (tertiary/aromatic N) is 3. The van der Waals surface area contributed by atoms with Crippen LogP contribution in [0.4, 0.5) is 16.4 Å². The number of hydrogen-bond acceptors (Lipinski definition) is 7. The number of aromatic nitrogens is 2. The van der Waals surface area contributed by atoms with E-state index in [1.165, 1.54) is 44.3 Å². The van der Waals surface area contributed by atoms with Crippen molar-refractivity contribution in [3.63, 3.8) is 0 Å². The van der Waals surface area contributed by atoms with E-state index in [4.69, 9.17) is 20.2 Å². The van der Waals surface area contributed by atoms with Gasteiger partial charge in [-0.25, -0.2) is 9.78 Å². The smallest absolute Gasteiger partial charge is 0.411 e. The van der Waals surface area contributed by atoms with Crippen molar-refractivity contribution < 1.29 is 14.3 Å². The molecule has 1 saturated carbocycles. The van der Waals surface area contributed by atoms with Crippen molar-refractivity contribution in [2.45, 2.75) is 77.6 Å². The molecule has 2 heterocycles. The summed E-state index contributed by atoms with van der Waals surface area (Å²) in [5, 5.41) is 3.33. The van der Waals surface area contributed by atoms with Crippen molar-refractivity contribution in [2.75, 3.05) is 31.6 Å². The molecule has 3 aromatic rings. The zero-order chi connectivity index (χ0) is 28.6. The van der Waals surface area contributed by atoms with Gasteiger partial charge in [0.05, 0.1) is 12.3 Å². The number of ether oxygens (including phenoxy) is 2. The number of hydrogen-bond donors (Lipinski definition) is 2. The summed E-state index contributed by atoms with van der Waals surface area (Å²) in [7, 11) is 0. The summed E-state index contributed by atoms with van der Waals surface area (Å²) in [6.45, 7) is 8.33. The van der Waals surface area contributed by atoms with Gasteiger partial charge in [0.15, 0.2) is 0 Å². The Balaban J connectivity index is 1.41. The molecule has 1 aliphatic heterocycles. The predicted molar refractivity (Wildman–Crippen MR) is 163 cm³/mol. The molecule has 0 unspecified atom stereocenters. The third-order valence-corrected chi connectivity index (χ3v) is 8.41. The minimum Gasteiger partial charge on any atom is -0.493 e. The molecule has 5 rings (SSSR count). The van der Waals surface area contributed by atoms with Crippen LogP contribution in [0.3, 0.4) is 0 Å². The van der Waals surface area contributed by atoms with Gasteiger partial charge in [0.2, 0.25) is 11.8 Å². The summed E-state index contributed by atoms with van der Waals surface area (Å²) in [5.74, 6) is 1.57. The Hall–Kier alpha value is -3.65. The van der Waals surface area contributed by atoms with Gasteiger partial charge < -0.3 is 25.4 Å². The third-order valence-electron chi connectivity index (χ3n) is 8.41. The lowest BCUT2D eigenvalue weighted by atomic mass is 9.82. The number of piperidine rings is 1. The van der Waals surface area contributed by atoms with Crippen LogP contribution in [0.2, 0.25) is 0 Å². The molecule has 41 heavy (non-hydrogen) atoms. The van der Waals surface area contributed by atoms with Crippen molar-refractivity contribution >= 4 is 17.7 Å². The molecule has 0 bridgehead atoms. The van der Waals surface area contributed by atoms with Crippen LogP contribution in [0.1, 0.15) is 80.4 Å². The topological polar surface area (TPSA) is 103 Å². The molecule has 8 nitrogen and oxygen atoms in total. The first-order valence-corrected chi connectivity index (χ1v) is 15.2. The van der Waals surface area contributed by atoms with Crippen LogP contribution in [0.5, 0.6) is 11.6 Å². The molecule has 0 atom stereocenters. The zero-order valence-corrected chi connectivity index (χ0v) is 24.5. The van der Waals surface area contributed by atoms with E-state index in [2.05, 4.69) is 41.2 Å². The number of rotatable bonds is 10. The fourth-order valence-corrected chi connectivity index (χ4v) is 6.10. The molecule has 3 N–H and O–H groups in total. The second kappa shape index (κ2) is 13.8. The van der Waals surface area contributed by atoms with Gasteiger partial charge in [0, 0.05) is 29.4 Å². The van der Waals surface area contributed by atoms with Gasteiger partial charge >= 0.3 is 6.09 Å². The van der Waals surface area contributed by atoms with E-state index >= 15 is 0 Å². The van der Waals surface area contributed by atoms with E-state index in [-0.39, 0.29) is 11.8 Å². The lowest BCUT2D eigenvalue weighted by Crippen LogP contribution is -2.31. The first-order valence-electron chi connectivity index (χ1n) is 15.2. The maximum Gasteiger partial charge on any atom is 0.411 e. The number of amides is 1. The average molecular weight is 558 g/mol. The number of primary amides is 1. The molecule has 1 amide bonds. The number of nitrogens with two attached hydrogens (primary N) is 1. The van der Waals surface area contributed by atoms with E-state index in [9.17, 15) is 4.79 Å². The summed E-state index contributed by atoms with van der Waals surface area (Å²) < 4.78 is 11.6. The minimum absolute atomic E-state index is 0.198. The lowest BCUT2D eigenvalue weighted by Gasteiger charge is -2.26. The second-order valence-corrected chi connectivity index (χ2v) is 11.4. The zero-order valence-electron chi connectivity index (χ0n) is 24.5. The number of benzene rings is 2. The van der Waals surface area contributed by atoms with E-state index in [0.29, 0.717) is 12.6 Å². The van der Waals surface area contributed by atoms with Crippen molar-refractivity contribution in [1.29, 1.82) is 0 Å². The van der Waals surface area contributed by atoms with Gasteiger partial charge in [-0.15, -0.1) is 0 Å². The third kappa shape index (κ3) is 7.55. The van der Waals surface area contributed by atoms with Crippen LogP contribution < -0.4 is 20.5 Å². The Kier molecular flexibility index (Phi) is 9.72. The standard InChI is InChI=1S/C33H43N5O3/c1-23-12-9-17-28(24(23)2)30-29(25-13-5-3-6-14-25)31(41-32(34)39)37-33(36-30)35-26-15-10-16-27(22-26)40-21-11-20-38-18-7-4-8-19-38/h9-10,12,15-17,22,25H,3-8,11,13-14,18-21H2,1-2H3,(H2,34,39)(H,35,36,37). The van der Waals surface area contributed by atoms with E-state index in [1.54, 1.807) is 0 Å². The Labute approximate surface area is 243 Å². The SMILES string of the molecule is Cc1cccc(-c2nc(Nc3cccc(OCCCN4CCCCC4)c3)nc(OC(N)=O)c2C2CCCCC2)c1C. The van der Waals surface area contributed by atoms with Crippen molar-refractivity contribution in [3.05, 3.63) is 59.2 Å². The summed E-state index contributed by atoms with van der Waals surface area (Å²) in [4.78, 5) is 24.3. The molecule has 1 saturated heterocycles. The number of likely N-dealkylation sites (tertiary alicyclic amines) is 1. The molecule has 218 valence electrons. The van der Waals surface area contributed by atoms with Crippen LogP contribution in [-0.2, 0) is 0 Å². The number of carbonyl (C=O) groups is 1. The molecular weight excluding hydrogens is 514 g/mol. The van der Waals surface area contributed by atoms with E-state index < -0.39 is 6.09 Å². The highest BCUT2D eigenvalue weighted by atomic mass is 16.6. The van der Waals surface area contributed by atoms with Gasteiger partial charge in [-0.05, 0) is 88.2 Å². The number of aryl methyl sites for hydroxylation is 1. The first kappa shape index (κ1) is 28.9. The summed E-state index contributed by atoms with van der Waals surface area (Å²) in [6, 6.07) is 14.0. The molecule has 1 aromatic heterocycles. The summed E-state index contributed by atoms with van der Waals surface area (Å²) in [5.41, 5.74) is 11.3. The Morgan fingerprint density at radius 2 is 1.76 bits per heavy atom. The molecule has 0 spiro atoms. The van der Waals surface area contributed by atoms with Gasteiger partial charge in [0.25, 0.3) is 0 Å². The summed E-state index contributed by atoms with van der Waals surface area (Å²) >= 11 is 0. The monoisotopic (exact) mass is 557 g/mol. The van der Waals surface area contributed by atoms with Gasteiger partial charge in [-0.3, -0.25) is 0 Å². The molecule has 8 heteroatoms. The highest BCUT2D eigenvalue weighted by Gasteiger charge is 2.28. The minimum atomic E-state index is -0.876.